The quantitative estimate of drug-likeness (QED) is 0.0810. The van der Waals surface area contributed by atoms with Crippen molar-refractivity contribution in [3.05, 3.63) is 60.7 Å². The van der Waals surface area contributed by atoms with Crippen molar-refractivity contribution in [1.82, 2.24) is 0 Å². The van der Waals surface area contributed by atoms with Crippen molar-refractivity contribution in [2.75, 3.05) is 0 Å². The molecule has 3 nitrogen and oxygen atoms in total. The van der Waals surface area contributed by atoms with Gasteiger partial charge in [0.2, 0.25) is 0 Å². The van der Waals surface area contributed by atoms with E-state index in [2.05, 4.69) is 13.8 Å². The van der Waals surface area contributed by atoms with Crippen LogP contribution in [0.15, 0.2) is 60.7 Å². The van der Waals surface area contributed by atoms with Crippen molar-refractivity contribution in [1.29, 1.82) is 0 Å². The summed E-state index contributed by atoms with van der Waals surface area (Å²) in [5, 5.41) is 0. The first-order chi connectivity index (χ1) is 19.6. The van der Waals surface area contributed by atoms with E-state index in [0.29, 0.717) is 21.0 Å². The molecule has 0 aliphatic rings. The van der Waals surface area contributed by atoms with Gasteiger partial charge in [0.15, 0.2) is 0 Å². The second kappa shape index (κ2) is 21.3. The van der Waals surface area contributed by atoms with Gasteiger partial charge in [0, 0.05) is 0 Å². The molecule has 0 saturated heterocycles. The number of hydrogen-bond acceptors (Lipinski definition) is 3. The summed E-state index contributed by atoms with van der Waals surface area (Å²) in [6.45, 7) is 4.54. The Bertz CT molecular complexity index is 837. The van der Waals surface area contributed by atoms with Crippen LogP contribution in [0.1, 0.15) is 142 Å². The third-order valence-electron chi connectivity index (χ3n) is 8.20. The fourth-order valence-electron chi connectivity index (χ4n) is 5.76. The fourth-order valence-corrected chi connectivity index (χ4v) is 11.8. The molecule has 2 aromatic rings. The number of hydrogen-bond donors (Lipinski definition) is 0. The van der Waals surface area contributed by atoms with E-state index in [1.54, 1.807) is 0 Å². The first-order valence-corrected chi connectivity index (χ1v) is 21.1. The Morgan fingerprint density at radius 2 is 0.700 bits per heavy atom. The molecule has 0 aliphatic carbocycles. The Hall–Kier alpha value is -1.45. The fraction of sp³-hybridized carbons (Fsp3) is 0.667. The third kappa shape index (κ3) is 15.5. The monoisotopic (exact) mass is 588 g/mol. The molecule has 0 heterocycles. The third-order valence-corrected chi connectivity index (χ3v) is 14.5. The van der Waals surface area contributed by atoms with Gasteiger partial charge in [0.05, 0.1) is 0 Å². The van der Waals surface area contributed by atoms with Crippen LogP contribution in [0, 0.1) is 0 Å². The summed E-state index contributed by atoms with van der Waals surface area (Å²) in [7, 11) is 0. The summed E-state index contributed by atoms with van der Waals surface area (Å²) in [5.41, 5.74) is 0. The second-order valence-electron chi connectivity index (χ2n) is 12.1. The van der Waals surface area contributed by atoms with Gasteiger partial charge in [-0.3, -0.25) is 0 Å². The van der Waals surface area contributed by atoms with E-state index in [4.69, 9.17) is 6.64 Å². The molecule has 0 N–H and O–H groups in total. The van der Waals surface area contributed by atoms with Crippen molar-refractivity contribution in [2.24, 2.45) is 0 Å². The zero-order valence-electron chi connectivity index (χ0n) is 26.1. The van der Waals surface area contributed by atoms with Crippen molar-refractivity contribution < 1.29 is 26.0 Å². The van der Waals surface area contributed by atoms with Gasteiger partial charge in [-0.15, -0.1) is 0 Å². The molecule has 0 spiro atoms. The molecule has 0 bridgehead atoms. The number of benzene rings is 2. The zero-order valence-corrected chi connectivity index (χ0v) is 27.6. The molecular formula is C36H60O3Ti. The van der Waals surface area contributed by atoms with Crippen molar-refractivity contribution in [2.45, 2.75) is 152 Å². The SMILES string of the molecule is CCCCCCCCCCC[CH2][Ti](=[O])([CH2]CCCCCCCCCCC)([O]c1ccccc1)[O]c1ccccc1. The first-order valence-electron chi connectivity index (χ1n) is 17.0. The van der Waals surface area contributed by atoms with Crippen LogP contribution >= 0.6 is 0 Å². The number of rotatable bonds is 26. The molecule has 0 aromatic heterocycles. The van der Waals surface area contributed by atoms with Crippen LogP contribution in [0.4, 0.5) is 0 Å². The van der Waals surface area contributed by atoms with Crippen molar-refractivity contribution >= 4 is 0 Å². The molecule has 0 aliphatic heterocycles. The molecule has 0 atom stereocenters. The van der Waals surface area contributed by atoms with Gasteiger partial charge < -0.3 is 0 Å². The zero-order chi connectivity index (χ0) is 28.6. The maximum absolute atomic E-state index is 15.2. The van der Waals surface area contributed by atoms with Crippen molar-refractivity contribution in [3.63, 3.8) is 0 Å². The minimum absolute atomic E-state index is 0.537. The molecule has 226 valence electrons. The van der Waals surface area contributed by atoms with E-state index < -0.39 is 16.1 Å². The van der Waals surface area contributed by atoms with Crippen LogP contribution in [-0.2, 0) is 19.4 Å². The van der Waals surface area contributed by atoms with Crippen LogP contribution in [0.25, 0.3) is 0 Å². The summed E-state index contributed by atoms with van der Waals surface area (Å²) in [4.78, 5) is 0. The number of para-hydroxylation sites is 2. The van der Waals surface area contributed by atoms with Crippen LogP contribution in [0.5, 0.6) is 11.5 Å². The van der Waals surface area contributed by atoms with E-state index in [1.165, 1.54) is 103 Å². The molecule has 40 heavy (non-hydrogen) atoms. The summed E-state index contributed by atoms with van der Waals surface area (Å²) >= 11 is -5.09. The second-order valence-corrected chi connectivity index (χ2v) is 18.5. The molecular weight excluding hydrogens is 528 g/mol. The predicted octanol–water partition coefficient (Wildman–Crippen LogP) is 12.7. The molecule has 0 fully saturated rings. The molecule has 0 saturated carbocycles. The molecule has 2 aromatic carbocycles. The molecule has 0 unspecified atom stereocenters. The van der Waals surface area contributed by atoms with Gasteiger partial charge in [-0.25, -0.2) is 0 Å². The summed E-state index contributed by atoms with van der Waals surface area (Å²) < 4.78 is 29.5. The van der Waals surface area contributed by atoms with Gasteiger partial charge >= 0.3 is 250 Å². The van der Waals surface area contributed by atoms with Crippen molar-refractivity contribution in [3.8, 4) is 11.5 Å². The van der Waals surface area contributed by atoms with Crippen LogP contribution in [0.2, 0.25) is 9.45 Å². The predicted molar refractivity (Wildman–Crippen MR) is 168 cm³/mol. The summed E-state index contributed by atoms with van der Waals surface area (Å²) in [6, 6.07) is 19.5. The summed E-state index contributed by atoms with van der Waals surface area (Å²) in [5.74, 6) is 1.34. The van der Waals surface area contributed by atoms with Crippen LogP contribution in [-0.4, -0.2) is 0 Å². The number of unbranched alkanes of at least 4 members (excludes halogenated alkanes) is 18. The van der Waals surface area contributed by atoms with E-state index in [0.717, 1.165) is 25.7 Å². The standard InChI is InChI=1S/2C12H25.2C6H6O.O.Ti/c2*1-3-5-7-9-11-12-10-8-6-4-2;2*7-6-4-2-1-3-5-6;;/h2*1,3-12H2,2H3;2*1-5,7H;;/q;;;;;+2/p-2. The Balaban J connectivity index is 1.97. The van der Waals surface area contributed by atoms with E-state index in [-0.39, 0.29) is 0 Å². The Kier molecular flexibility index (Phi) is 18.5. The molecule has 4 heteroatoms. The normalized spacial score (nSPS) is 12.0. The average molecular weight is 589 g/mol. The van der Waals surface area contributed by atoms with Gasteiger partial charge in [-0.05, 0) is 0 Å². The Morgan fingerprint density at radius 3 is 1.00 bits per heavy atom. The van der Waals surface area contributed by atoms with Crippen LogP contribution in [0.3, 0.4) is 0 Å². The van der Waals surface area contributed by atoms with Crippen LogP contribution < -0.4 is 6.64 Å². The average Bonchev–Trinajstić information content (AvgIpc) is 2.96. The Labute approximate surface area is 249 Å². The molecule has 0 amide bonds. The first kappa shape index (κ1) is 34.8. The van der Waals surface area contributed by atoms with Gasteiger partial charge in [0.25, 0.3) is 0 Å². The topological polar surface area (TPSA) is 35.5 Å². The van der Waals surface area contributed by atoms with E-state index in [9.17, 15) is 0 Å². The van der Waals surface area contributed by atoms with Gasteiger partial charge in [-0.1, -0.05) is 0 Å². The Morgan fingerprint density at radius 1 is 0.425 bits per heavy atom. The summed E-state index contributed by atoms with van der Waals surface area (Å²) in [6.07, 6.45) is 25.0. The molecule has 2 rings (SSSR count). The molecule has 0 radical (unpaired) electrons. The van der Waals surface area contributed by atoms with Gasteiger partial charge in [0.1, 0.15) is 0 Å². The minimum atomic E-state index is -5.09. The van der Waals surface area contributed by atoms with E-state index in [1.807, 2.05) is 60.7 Å². The van der Waals surface area contributed by atoms with Gasteiger partial charge in [-0.2, -0.15) is 0 Å². The van der Waals surface area contributed by atoms with E-state index >= 15 is 3.32 Å². The maximum atomic E-state index is 15.2.